The number of nitrogens with two attached hydrogens (primary N) is 1. The zero-order valence-corrected chi connectivity index (χ0v) is 25.1. The van der Waals surface area contributed by atoms with Gasteiger partial charge in [-0.25, -0.2) is 15.0 Å². The predicted octanol–water partition coefficient (Wildman–Crippen LogP) is 4.99. The Kier molecular flexibility index (Phi) is 7.23. The third-order valence-electron chi connectivity index (χ3n) is 8.77. The lowest BCUT2D eigenvalue weighted by Gasteiger charge is -2.43. The SMILES string of the molecule is CN/C(C#N)=C\C(=N)N1CCN(Cc2ccc(-n3c(-c4cccnc4N)nc4ccc(-c5ccccc5)nc43)cc2)CC12CC2. The van der Waals surface area contributed by atoms with E-state index in [0.717, 1.165) is 72.7 Å². The first-order valence-electron chi connectivity index (χ1n) is 15.1. The highest BCUT2D eigenvalue weighted by Gasteiger charge is 2.51. The summed E-state index contributed by atoms with van der Waals surface area (Å²) in [6.07, 6.45) is 5.45. The van der Waals surface area contributed by atoms with Gasteiger partial charge in [0.1, 0.15) is 28.9 Å². The molecule has 4 N–H and O–H groups in total. The van der Waals surface area contributed by atoms with Crippen LogP contribution in [0.3, 0.4) is 0 Å². The van der Waals surface area contributed by atoms with Crippen molar-refractivity contribution < 1.29 is 0 Å². The van der Waals surface area contributed by atoms with Crippen LogP contribution in [-0.4, -0.2) is 67.4 Å². The number of rotatable bonds is 7. The molecule has 2 fully saturated rings. The largest absolute Gasteiger partial charge is 0.383 e. The van der Waals surface area contributed by atoms with E-state index < -0.39 is 0 Å². The molecule has 0 bridgehead atoms. The molecule has 1 aliphatic heterocycles. The summed E-state index contributed by atoms with van der Waals surface area (Å²) in [4.78, 5) is 19.0. The second-order valence-electron chi connectivity index (χ2n) is 11.7. The third kappa shape index (κ3) is 5.39. The number of nitrogen functional groups attached to an aromatic ring is 1. The van der Waals surface area contributed by atoms with Crippen LogP contribution >= 0.6 is 0 Å². The molecule has 0 radical (unpaired) electrons. The minimum absolute atomic E-state index is 0.0174. The maximum Gasteiger partial charge on any atom is 0.165 e. The number of pyridine rings is 2. The summed E-state index contributed by atoms with van der Waals surface area (Å²) in [7, 11) is 1.71. The van der Waals surface area contributed by atoms with Gasteiger partial charge in [-0.2, -0.15) is 5.26 Å². The number of nitrogens with zero attached hydrogens (tertiary/aromatic N) is 7. The monoisotopic (exact) mass is 594 g/mol. The van der Waals surface area contributed by atoms with Crippen molar-refractivity contribution in [1.29, 1.82) is 10.7 Å². The van der Waals surface area contributed by atoms with Crippen LogP contribution in [0.5, 0.6) is 0 Å². The van der Waals surface area contributed by atoms with Gasteiger partial charge in [-0.3, -0.25) is 14.9 Å². The highest BCUT2D eigenvalue weighted by molar-refractivity contribution is 5.92. The Hall–Kier alpha value is -5.53. The molecule has 1 saturated heterocycles. The van der Waals surface area contributed by atoms with Crippen LogP contribution in [-0.2, 0) is 6.54 Å². The van der Waals surface area contributed by atoms with Gasteiger partial charge in [0.2, 0.25) is 0 Å². The average Bonchev–Trinajstić information content (AvgIpc) is 3.72. The van der Waals surface area contributed by atoms with Gasteiger partial charge >= 0.3 is 0 Å². The van der Waals surface area contributed by atoms with Crippen LogP contribution in [0, 0.1) is 16.7 Å². The first-order chi connectivity index (χ1) is 22.0. The second-order valence-corrected chi connectivity index (χ2v) is 11.7. The van der Waals surface area contributed by atoms with Crippen molar-refractivity contribution in [2.24, 2.45) is 0 Å². The molecule has 7 rings (SSSR count). The molecule has 1 spiro atoms. The highest BCUT2D eigenvalue weighted by atomic mass is 15.4. The van der Waals surface area contributed by atoms with Gasteiger partial charge in [0, 0.05) is 56.8 Å². The van der Waals surface area contributed by atoms with E-state index >= 15 is 0 Å². The molecule has 10 nitrogen and oxygen atoms in total. The lowest BCUT2D eigenvalue weighted by atomic mass is 10.1. The van der Waals surface area contributed by atoms with Gasteiger partial charge < -0.3 is 16.0 Å². The van der Waals surface area contributed by atoms with Crippen LogP contribution in [0.4, 0.5) is 5.82 Å². The van der Waals surface area contributed by atoms with E-state index in [1.807, 2.05) is 42.5 Å². The summed E-state index contributed by atoms with van der Waals surface area (Å²) in [5, 5.41) is 20.8. The van der Waals surface area contributed by atoms with Gasteiger partial charge in [0.25, 0.3) is 0 Å². The number of aromatic nitrogens is 4. The molecule has 2 aliphatic rings. The number of imidazole rings is 1. The lowest BCUT2D eigenvalue weighted by molar-refractivity contribution is 0.107. The minimum atomic E-state index is -0.0174. The maximum atomic E-state index is 9.28. The molecular formula is C35H34N10. The number of fused-ring (bicyclic) bond motifs is 1. The van der Waals surface area contributed by atoms with Crippen molar-refractivity contribution in [1.82, 2.24) is 34.6 Å². The number of benzene rings is 2. The minimum Gasteiger partial charge on any atom is -0.383 e. The number of amidine groups is 1. The molecule has 5 aromatic rings. The lowest BCUT2D eigenvalue weighted by Crippen LogP contribution is -2.56. The average molecular weight is 595 g/mol. The number of nitrogens with one attached hydrogen (secondary N) is 2. The van der Waals surface area contributed by atoms with E-state index in [1.165, 1.54) is 5.56 Å². The number of anilines is 1. The Labute approximate surface area is 262 Å². The van der Waals surface area contributed by atoms with Crippen LogP contribution in [0.2, 0.25) is 0 Å². The summed E-state index contributed by atoms with van der Waals surface area (Å²) in [6.45, 7) is 3.34. The van der Waals surface area contributed by atoms with Crippen LogP contribution in [0.25, 0.3) is 39.5 Å². The van der Waals surface area contributed by atoms with Crippen molar-refractivity contribution >= 4 is 22.8 Å². The van der Waals surface area contributed by atoms with E-state index in [9.17, 15) is 5.26 Å². The molecule has 2 aromatic carbocycles. The zero-order chi connectivity index (χ0) is 31.0. The quantitative estimate of drug-likeness (QED) is 0.136. The van der Waals surface area contributed by atoms with E-state index in [1.54, 1.807) is 19.3 Å². The molecule has 10 heteroatoms. The third-order valence-corrected chi connectivity index (χ3v) is 8.77. The predicted molar refractivity (Wildman–Crippen MR) is 176 cm³/mol. The van der Waals surface area contributed by atoms with Crippen molar-refractivity contribution in [3.63, 3.8) is 0 Å². The second kappa shape index (κ2) is 11.5. The smallest absolute Gasteiger partial charge is 0.165 e. The topological polar surface area (TPSA) is 136 Å². The normalized spacial score (nSPS) is 16.1. The number of hydrogen-bond acceptors (Lipinski definition) is 8. The van der Waals surface area contributed by atoms with E-state index in [2.05, 4.69) is 67.1 Å². The Balaban J connectivity index is 1.17. The van der Waals surface area contributed by atoms with E-state index in [-0.39, 0.29) is 5.54 Å². The summed E-state index contributed by atoms with van der Waals surface area (Å²) in [6, 6.07) is 28.6. The number of allylic oxidation sites excluding steroid dienone is 1. The summed E-state index contributed by atoms with van der Waals surface area (Å²) < 4.78 is 2.07. The van der Waals surface area contributed by atoms with E-state index in [4.69, 9.17) is 21.1 Å². The molecule has 0 amide bonds. The van der Waals surface area contributed by atoms with Crippen molar-refractivity contribution in [2.45, 2.75) is 24.9 Å². The molecule has 45 heavy (non-hydrogen) atoms. The fourth-order valence-electron chi connectivity index (χ4n) is 6.28. The molecule has 1 saturated carbocycles. The van der Waals surface area contributed by atoms with Gasteiger partial charge in [0.15, 0.2) is 11.5 Å². The van der Waals surface area contributed by atoms with Crippen molar-refractivity contribution in [3.05, 3.63) is 102 Å². The van der Waals surface area contributed by atoms with Gasteiger partial charge in [-0.1, -0.05) is 42.5 Å². The number of hydrogen-bond donors (Lipinski definition) is 3. The molecular weight excluding hydrogens is 560 g/mol. The highest BCUT2D eigenvalue weighted by Crippen LogP contribution is 2.44. The van der Waals surface area contributed by atoms with Crippen molar-refractivity contribution in [2.75, 3.05) is 32.4 Å². The first-order valence-corrected chi connectivity index (χ1v) is 15.1. The first kappa shape index (κ1) is 28.3. The summed E-state index contributed by atoms with van der Waals surface area (Å²) in [5.74, 6) is 1.52. The fraction of sp³-hybridized carbons (Fsp3) is 0.229. The Morgan fingerprint density at radius 2 is 1.82 bits per heavy atom. The zero-order valence-electron chi connectivity index (χ0n) is 25.1. The maximum absolute atomic E-state index is 9.28. The molecule has 3 aromatic heterocycles. The summed E-state index contributed by atoms with van der Waals surface area (Å²) in [5.41, 5.74) is 13.1. The number of nitriles is 1. The standard InChI is InChI=1S/C35H34N10/c1-39-26(21-36)20-31(37)44-19-18-43(23-35(44)15-16-35)22-24-9-11-27(12-10-24)45-33(28-8-5-17-40-32(28)38)42-30-14-13-29(41-34(30)45)25-6-3-2-4-7-25/h2-14,17,20,37,39H,15-16,18-19,22-23H2,1H3,(H2,38,40)/b26-20-,37-31?. The van der Waals surface area contributed by atoms with Crippen LogP contribution in [0.15, 0.2) is 96.8 Å². The molecule has 1 aliphatic carbocycles. The molecule has 4 heterocycles. The summed E-state index contributed by atoms with van der Waals surface area (Å²) >= 11 is 0. The fourth-order valence-corrected chi connectivity index (χ4v) is 6.28. The van der Waals surface area contributed by atoms with Gasteiger partial charge in [-0.05, 0) is 54.8 Å². The number of piperazine rings is 1. The van der Waals surface area contributed by atoms with Crippen LogP contribution < -0.4 is 11.1 Å². The molecule has 0 atom stereocenters. The Morgan fingerprint density at radius 1 is 1.02 bits per heavy atom. The van der Waals surface area contributed by atoms with E-state index in [0.29, 0.717) is 23.2 Å². The molecule has 0 unspecified atom stereocenters. The van der Waals surface area contributed by atoms with Crippen molar-refractivity contribution in [3.8, 4) is 34.4 Å². The molecule has 224 valence electrons. The van der Waals surface area contributed by atoms with Crippen LogP contribution in [0.1, 0.15) is 18.4 Å². The van der Waals surface area contributed by atoms with Gasteiger partial charge in [-0.15, -0.1) is 0 Å². The Morgan fingerprint density at radius 3 is 2.53 bits per heavy atom. The Bertz CT molecular complexity index is 1950. The van der Waals surface area contributed by atoms with Gasteiger partial charge in [0.05, 0.1) is 16.8 Å².